The summed E-state index contributed by atoms with van der Waals surface area (Å²) in [5.41, 5.74) is 4.76. The number of nitrogens with one attached hydrogen (secondary N) is 2. The molecule has 3 nitrogen and oxygen atoms in total. The third-order valence-corrected chi connectivity index (χ3v) is 7.60. The minimum Gasteiger partial charge on any atom is -0.361 e. The number of para-hydroxylation sites is 1. The largest absolute Gasteiger partial charge is 0.361 e. The van der Waals surface area contributed by atoms with Crippen molar-refractivity contribution in [3.63, 3.8) is 0 Å². The van der Waals surface area contributed by atoms with Crippen LogP contribution in [0.5, 0.6) is 0 Å². The van der Waals surface area contributed by atoms with Crippen LogP contribution in [0.15, 0.2) is 91.1 Å². The Labute approximate surface area is 198 Å². The highest BCUT2D eigenvalue weighted by molar-refractivity contribution is 7.99. The molecular weight excluding hydrogens is 432 g/mol. The Balaban J connectivity index is 1.33. The first-order valence-electron chi connectivity index (χ1n) is 10.9. The number of H-pyrrole nitrogens is 1. The molecule has 4 rings (SSSR count). The zero-order chi connectivity index (χ0) is 22.0. The molecule has 32 heavy (non-hydrogen) atoms. The average Bonchev–Trinajstić information content (AvgIpc) is 3.23. The second-order valence-electron chi connectivity index (χ2n) is 7.80. The lowest BCUT2D eigenvalue weighted by Crippen LogP contribution is -2.39. The topological polar surface area (TPSA) is 44.9 Å². The highest BCUT2D eigenvalue weighted by atomic mass is 32.2. The van der Waals surface area contributed by atoms with E-state index in [2.05, 4.69) is 64.9 Å². The quantitative estimate of drug-likeness (QED) is 0.286. The molecule has 1 heterocycles. The zero-order valence-electron chi connectivity index (χ0n) is 18.0. The third kappa shape index (κ3) is 6.68. The van der Waals surface area contributed by atoms with E-state index in [0.29, 0.717) is 6.42 Å². The van der Waals surface area contributed by atoms with E-state index >= 15 is 0 Å². The standard InChI is InChI=1S/C27H28N2OS2/c30-27(15-23-16-28-26-14-8-7-13-25(23)26)29-24(19-31-17-21-9-3-1-4-10-21)20-32-18-22-11-5-2-6-12-22/h1-14,16,24,28H,15,17-20H2,(H,29,30). The molecule has 3 aromatic carbocycles. The van der Waals surface area contributed by atoms with E-state index in [9.17, 15) is 4.79 Å². The molecule has 0 aliphatic rings. The van der Waals surface area contributed by atoms with E-state index < -0.39 is 0 Å². The first-order valence-corrected chi connectivity index (χ1v) is 13.2. The van der Waals surface area contributed by atoms with Crippen LogP contribution in [0, 0.1) is 0 Å². The highest BCUT2D eigenvalue weighted by Crippen LogP contribution is 2.20. The van der Waals surface area contributed by atoms with E-state index in [1.807, 2.05) is 60.1 Å². The number of hydrogen-bond donors (Lipinski definition) is 2. The van der Waals surface area contributed by atoms with Crippen LogP contribution >= 0.6 is 23.5 Å². The Kier molecular flexibility index (Phi) is 8.35. The molecule has 0 saturated carbocycles. The van der Waals surface area contributed by atoms with E-state index in [1.54, 1.807) is 0 Å². The average molecular weight is 461 g/mol. The summed E-state index contributed by atoms with van der Waals surface area (Å²) < 4.78 is 0. The van der Waals surface area contributed by atoms with Gasteiger partial charge < -0.3 is 10.3 Å². The van der Waals surface area contributed by atoms with Crippen LogP contribution < -0.4 is 5.32 Å². The molecule has 0 unspecified atom stereocenters. The fourth-order valence-electron chi connectivity index (χ4n) is 3.65. The molecule has 5 heteroatoms. The molecule has 0 fully saturated rings. The van der Waals surface area contributed by atoms with Crippen molar-refractivity contribution in [3.05, 3.63) is 108 Å². The third-order valence-electron chi connectivity index (χ3n) is 5.25. The van der Waals surface area contributed by atoms with E-state index in [1.165, 1.54) is 11.1 Å². The van der Waals surface area contributed by atoms with Crippen molar-refractivity contribution in [1.29, 1.82) is 0 Å². The molecule has 4 aromatic rings. The van der Waals surface area contributed by atoms with Crippen LogP contribution in [0.2, 0.25) is 0 Å². The van der Waals surface area contributed by atoms with Gasteiger partial charge in [0.1, 0.15) is 0 Å². The van der Waals surface area contributed by atoms with Crippen molar-refractivity contribution in [3.8, 4) is 0 Å². The van der Waals surface area contributed by atoms with Crippen molar-refractivity contribution in [2.24, 2.45) is 0 Å². The minimum absolute atomic E-state index is 0.0837. The van der Waals surface area contributed by atoms with Crippen molar-refractivity contribution in [2.45, 2.75) is 24.0 Å². The molecule has 164 valence electrons. The van der Waals surface area contributed by atoms with Gasteiger partial charge in [0.15, 0.2) is 0 Å². The molecule has 1 aromatic heterocycles. The van der Waals surface area contributed by atoms with Gasteiger partial charge in [0.2, 0.25) is 5.91 Å². The van der Waals surface area contributed by atoms with Gasteiger partial charge >= 0.3 is 0 Å². The van der Waals surface area contributed by atoms with Gasteiger partial charge in [-0.05, 0) is 22.8 Å². The van der Waals surface area contributed by atoms with Crippen molar-refractivity contribution in [1.82, 2.24) is 10.3 Å². The summed E-state index contributed by atoms with van der Waals surface area (Å²) in [5.74, 6) is 3.80. The maximum absolute atomic E-state index is 12.9. The second kappa shape index (κ2) is 11.8. The maximum atomic E-state index is 12.9. The van der Waals surface area contributed by atoms with E-state index in [0.717, 1.165) is 39.5 Å². The molecule has 0 saturated heterocycles. The predicted octanol–water partition coefficient (Wildman–Crippen LogP) is 6.06. The molecule has 0 atom stereocenters. The fraction of sp³-hybridized carbons (Fsp3) is 0.222. The lowest BCUT2D eigenvalue weighted by atomic mass is 10.1. The van der Waals surface area contributed by atoms with Gasteiger partial charge in [0, 0.05) is 46.2 Å². The number of amides is 1. The number of aromatic nitrogens is 1. The molecule has 0 aliphatic carbocycles. The molecule has 0 radical (unpaired) electrons. The van der Waals surface area contributed by atoms with Gasteiger partial charge in [0.05, 0.1) is 6.42 Å². The summed E-state index contributed by atoms with van der Waals surface area (Å²) in [6, 6.07) is 29.3. The van der Waals surface area contributed by atoms with Crippen LogP contribution in [0.1, 0.15) is 16.7 Å². The summed E-state index contributed by atoms with van der Waals surface area (Å²) >= 11 is 3.76. The summed E-state index contributed by atoms with van der Waals surface area (Å²) in [7, 11) is 0. The lowest BCUT2D eigenvalue weighted by molar-refractivity contribution is -0.120. The summed E-state index contributed by atoms with van der Waals surface area (Å²) in [6.07, 6.45) is 2.35. The predicted molar refractivity (Wildman–Crippen MR) is 139 cm³/mol. The molecular formula is C27H28N2OS2. The van der Waals surface area contributed by atoms with Crippen LogP contribution in [0.4, 0.5) is 0 Å². The van der Waals surface area contributed by atoms with Gasteiger partial charge in [-0.2, -0.15) is 23.5 Å². The summed E-state index contributed by atoms with van der Waals surface area (Å²) in [5, 5.41) is 4.42. The number of carbonyl (C=O) groups excluding carboxylic acids is 1. The van der Waals surface area contributed by atoms with E-state index in [-0.39, 0.29) is 11.9 Å². The maximum Gasteiger partial charge on any atom is 0.224 e. The number of carbonyl (C=O) groups is 1. The van der Waals surface area contributed by atoms with Crippen molar-refractivity contribution in [2.75, 3.05) is 11.5 Å². The van der Waals surface area contributed by atoms with Crippen LogP contribution in [0.3, 0.4) is 0 Å². The van der Waals surface area contributed by atoms with Crippen LogP contribution in [-0.2, 0) is 22.7 Å². The fourth-order valence-corrected chi connectivity index (χ4v) is 5.86. The van der Waals surface area contributed by atoms with Gasteiger partial charge in [-0.3, -0.25) is 4.79 Å². The minimum atomic E-state index is 0.0837. The second-order valence-corrected chi connectivity index (χ2v) is 9.86. The van der Waals surface area contributed by atoms with Crippen LogP contribution in [0.25, 0.3) is 10.9 Å². The normalized spacial score (nSPS) is 11.2. The number of benzene rings is 3. The number of aromatic amines is 1. The molecule has 1 amide bonds. The van der Waals surface area contributed by atoms with Gasteiger partial charge in [-0.15, -0.1) is 0 Å². The molecule has 0 spiro atoms. The first kappa shape index (κ1) is 22.6. The molecule has 2 N–H and O–H groups in total. The van der Waals surface area contributed by atoms with Gasteiger partial charge in [-0.25, -0.2) is 0 Å². The lowest BCUT2D eigenvalue weighted by Gasteiger charge is -2.18. The Morgan fingerprint density at radius 1 is 0.781 bits per heavy atom. The SMILES string of the molecule is O=C(Cc1c[nH]c2ccccc12)NC(CSCc1ccccc1)CSCc1ccccc1. The monoisotopic (exact) mass is 460 g/mol. The number of fused-ring (bicyclic) bond motifs is 1. The Bertz CT molecular complexity index is 1070. The zero-order valence-corrected chi connectivity index (χ0v) is 19.6. The number of thioether (sulfide) groups is 2. The molecule has 0 aliphatic heterocycles. The number of rotatable bonds is 11. The number of hydrogen-bond acceptors (Lipinski definition) is 3. The van der Waals surface area contributed by atoms with Crippen molar-refractivity contribution < 1.29 is 4.79 Å². The molecule has 0 bridgehead atoms. The summed E-state index contributed by atoms with van der Waals surface area (Å²) in [6.45, 7) is 0. The van der Waals surface area contributed by atoms with Gasteiger partial charge in [-0.1, -0.05) is 78.9 Å². The van der Waals surface area contributed by atoms with E-state index in [4.69, 9.17) is 0 Å². The van der Waals surface area contributed by atoms with Crippen molar-refractivity contribution >= 4 is 40.3 Å². The first-order chi connectivity index (χ1) is 15.8. The Morgan fingerprint density at radius 3 is 1.97 bits per heavy atom. The summed E-state index contributed by atoms with van der Waals surface area (Å²) in [4.78, 5) is 16.2. The highest BCUT2D eigenvalue weighted by Gasteiger charge is 2.15. The van der Waals surface area contributed by atoms with Gasteiger partial charge in [0.25, 0.3) is 0 Å². The smallest absolute Gasteiger partial charge is 0.224 e. The Hall–Kier alpha value is -2.63. The van der Waals surface area contributed by atoms with Crippen LogP contribution in [-0.4, -0.2) is 28.4 Å². The Morgan fingerprint density at radius 2 is 1.34 bits per heavy atom.